The zero-order valence-electron chi connectivity index (χ0n) is 13.5. The Morgan fingerprint density at radius 3 is 2.57 bits per heavy atom. The van der Waals surface area contributed by atoms with E-state index in [1.807, 2.05) is 6.07 Å². The van der Waals surface area contributed by atoms with E-state index in [-0.39, 0.29) is 23.9 Å². The van der Waals surface area contributed by atoms with Crippen LogP contribution in [0.5, 0.6) is 0 Å². The van der Waals surface area contributed by atoms with E-state index in [1.54, 1.807) is 24.3 Å². The van der Waals surface area contributed by atoms with Gasteiger partial charge in [-0.15, -0.1) is 0 Å². The highest BCUT2D eigenvalue weighted by atomic mass is 32.2. The van der Waals surface area contributed by atoms with Gasteiger partial charge in [0.25, 0.3) is 0 Å². The summed E-state index contributed by atoms with van der Waals surface area (Å²) < 4.78 is 37.0. The molecule has 2 aliphatic heterocycles. The molecule has 5 heteroatoms. The minimum Gasteiger partial charge on any atom is -0.375 e. The molecule has 0 amide bonds. The topological polar surface area (TPSA) is 52.6 Å². The first-order valence-corrected chi connectivity index (χ1v) is 9.84. The van der Waals surface area contributed by atoms with Crippen molar-refractivity contribution >= 4 is 9.84 Å². The van der Waals surface area contributed by atoms with Crippen LogP contribution in [0.4, 0.5) is 0 Å². The van der Waals surface area contributed by atoms with Gasteiger partial charge in [-0.3, -0.25) is 0 Å². The Hall–Kier alpha value is -1.17. The smallest absolute Gasteiger partial charge is 0.178 e. The highest BCUT2D eigenvalue weighted by Crippen LogP contribution is 2.35. The van der Waals surface area contributed by atoms with Gasteiger partial charge in [0, 0.05) is 19.1 Å². The lowest BCUT2D eigenvalue weighted by molar-refractivity contribution is -0.0612. The molecule has 2 saturated heterocycles. The van der Waals surface area contributed by atoms with Crippen molar-refractivity contribution in [1.29, 1.82) is 0 Å². The molecule has 0 N–H and O–H groups in total. The fourth-order valence-electron chi connectivity index (χ4n) is 3.42. The molecule has 0 radical (unpaired) electrons. The van der Waals surface area contributed by atoms with Gasteiger partial charge in [0.1, 0.15) is 6.10 Å². The summed E-state index contributed by atoms with van der Waals surface area (Å²) in [7, 11) is -3.31. The van der Waals surface area contributed by atoms with Crippen LogP contribution in [0.25, 0.3) is 0 Å². The number of hydrogen-bond donors (Lipinski definition) is 0. The molecule has 0 aromatic heterocycles. The number of ether oxygens (including phenoxy) is 2. The largest absolute Gasteiger partial charge is 0.375 e. The number of benzene rings is 1. The molecule has 0 bridgehead atoms. The lowest BCUT2D eigenvalue weighted by Gasteiger charge is -2.35. The third-order valence-corrected chi connectivity index (χ3v) is 6.80. The minimum atomic E-state index is -3.31. The summed E-state index contributed by atoms with van der Waals surface area (Å²) >= 11 is 0. The Morgan fingerprint density at radius 2 is 1.83 bits per heavy atom. The van der Waals surface area contributed by atoms with Gasteiger partial charge in [-0.2, -0.15) is 0 Å². The Balaban J connectivity index is 1.76. The van der Waals surface area contributed by atoms with Gasteiger partial charge in [-0.25, -0.2) is 8.42 Å². The molecular formula is C18H24O4S. The average Bonchev–Trinajstić information content (AvgIpc) is 2.98. The molecular weight excluding hydrogens is 312 g/mol. The van der Waals surface area contributed by atoms with E-state index in [0.29, 0.717) is 24.0 Å². The molecule has 1 aromatic carbocycles. The van der Waals surface area contributed by atoms with Crippen molar-refractivity contribution in [1.82, 2.24) is 0 Å². The van der Waals surface area contributed by atoms with Crippen molar-refractivity contribution in [2.75, 3.05) is 19.0 Å². The van der Waals surface area contributed by atoms with Crippen LogP contribution in [-0.4, -0.2) is 39.6 Å². The van der Waals surface area contributed by atoms with Crippen LogP contribution < -0.4 is 0 Å². The van der Waals surface area contributed by atoms with Crippen molar-refractivity contribution in [2.45, 2.75) is 36.9 Å². The molecule has 2 fully saturated rings. The molecule has 3 rings (SSSR count). The lowest BCUT2D eigenvalue weighted by atomic mass is 9.86. The summed E-state index contributed by atoms with van der Waals surface area (Å²) in [6, 6.07) is 8.63. The van der Waals surface area contributed by atoms with E-state index < -0.39 is 9.84 Å². The first-order valence-electron chi connectivity index (χ1n) is 8.19. The second-order valence-corrected chi connectivity index (χ2v) is 8.57. The van der Waals surface area contributed by atoms with Crippen molar-refractivity contribution in [3.8, 4) is 0 Å². The van der Waals surface area contributed by atoms with E-state index >= 15 is 0 Å². The summed E-state index contributed by atoms with van der Waals surface area (Å²) in [5.41, 5.74) is 1.03. The summed E-state index contributed by atoms with van der Waals surface area (Å²) in [6.07, 6.45) is 1.33. The molecule has 126 valence electrons. The zero-order valence-corrected chi connectivity index (χ0v) is 14.3. The van der Waals surface area contributed by atoms with Gasteiger partial charge in [-0.05, 0) is 36.5 Å². The van der Waals surface area contributed by atoms with E-state index in [4.69, 9.17) is 9.47 Å². The van der Waals surface area contributed by atoms with E-state index in [0.717, 1.165) is 18.4 Å². The quantitative estimate of drug-likeness (QED) is 0.794. The summed E-state index contributed by atoms with van der Waals surface area (Å²) in [6.45, 7) is 7.57. The zero-order chi connectivity index (χ0) is 16.4. The first kappa shape index (κ1) is 16.7. The van der Waals surface area contributed by atoms with Crippen LogP contribution in [0.3, 0.4) is 0 Å². The number of hydrogen-bond acceptors (Lipinski definition) is 4. The van der Waals surface area contributed by atoms with Crippen molar-refractivity contribution in [3.05, 3.63) is 42.5 Å². The average molecular weight is 336 g/mol. The summed E-state index contributed by atoms with van der Waals surface area (Å²) in [5, 5.41) is 0. The van der Waals surface area contributed by atoms with Gasteiger partial charge in [-0.1, -0.05) is 31.7 Å². The molecule has 0 saturated carbocycles. The van der Waals surface area contributed by atoms with E-state index in [1.165, 1.54) is 0 Å². The van der Waals surface area contributed by atoms with Crippen LogP contribution in [0.2, 0.25) is 0 Å². The van der Waals surface area contributed by atoms with Gasteiger partial charge >= 0.3 is 0 Å². The summed E-state index contributed by atoms with van der Waals surface area (Å²) in [4.78, 5) is 0.377. The Labute approximate surface area is 138 Å². The predicted molar refractivity (Wildman–Crippen MR) is 89.0 cm³/mol. The monoisotopic (exact) mass is 336 g/mol. The normalized spacial score (nSPS) is 32.1. The Bertz CT molecular complexity index is 653. The van der Waals surface area contributed by atoms with Crippen LogP contribution in [0.1, 0.15) is 19.8 Å². The van der Waals surface area contributed by atoms with Crippen LogP contribution in [0.15, 0.2) is 47.4 Å². The molecule has 0 spiro atoms. The van der Waals surface area contributed by atoms with Crippen LogP contribution >= 0.6 is 0 Å². The predicted octanol–water partition coefficient (Wildman–Crippen LogP) is 2.85. The third-order valence-electron chi connectivity index (χ3n) is 4.94. The Kier molecular flexibility index (Phi) is 4.90. The highest BCUT2D eigenvalue weighted by Gasteiger charge is 2.41. The van der Waals surface area contributed by atoms with Gasteiger partial charge in [0.05, 0.1) is 16.8 Å². The maximum Gasteiger partial charge on any atom is 0.178 e. The first-order chi connectivity index (χ1) is 11.0. The fraction of sp³-hybridized carbons (Fsp3) is 0.556. The second-order valence-electron chi connectivity index (χ2n) is 6.53. The van der Waals surface area contributed by atoms with Crippen molar-refractivity contribution < 1.29 is 17.9 Å². The number of sulfone groups is 1. The maximum atomic E-state index is 12.6. The standard InChI is InChI=1S/C18H24O4S/c1-13-8-10-21-17(14(13)2)18-15(9-11-22-18)12-23(19,20)16-6-4-3-5-7-16/h3-7,13,15,17-18H,2,8-12H2,1H3/t13-,15+,17?,18?/m1/s1. The molecule has 23 heavy (non-hydrogen) atoms. The van der Waals surface area contributed by atoms with Crippen LogP contribution in [0, 0.1) is 11.8 Å². The van der Waals surface area contributed by atoms with Crippen molar-refractivity contribution in [3.63, 3.8) is 0 Å². The van der Waals surface area contributed by atoms with E-state index in [9.17, 15) is 8.42 Å². The molecule has 2 heterocycles. The molecule has 0 aliphatic carbocycles. The number of rotatable bonds is 4. The molecule has 2 aliphatic rings. The third kappa shape index (κ3) is 3.52. The highest BCUT2D eigenvalue weighted by molar-refractivity contribution is 7.91. The van der Waals surface area contributed by atoms with Crippen LogP contribution in [-0.2, 0) is 19.3 Å². The molecule has 4 nitrogen and oxygen atoms in total. The minimum absolute atomic E-state index is 0.0488. The molecule has 1 aromatic rings. The lowest BCUT2D eigenvalue weighted by Crippen LogP contribution is -2.41. The van der Waals surface area contributed by atoms with Gasteiger partial charge in [0.15, 0.2) is 9.84 Å². The second kappa shape index (κ2) is 6.75. The van der Waals surface area contributed by atoms with Crippen molar-refractivity contribution in [2.24, 2.45) is 11.8 Å². The molecule has 2 unspecified atom stereocenters. The Morgan fingerprint density at radius 1 is 1.13 bits per heavy atom. The SMILES string of the molecule is C=C1C(C2OCC[C@H]2CS(=O)(=O)c2ccccc2)OCC[C@H]1C. The fourth-order valence-corrected chi connectivity index (χ4v) is 5.11. The van der Waals surface area contributed by atoms with E-state index in [2.05, 4.69) is 13.5 Å². The van der Waals surface area contributed by atoms with Gasteiger partial charge in [0.2, 0.25) is 0 Å². The summed E-state index contributed by atoms with van der Waals surface area (Å²) in [5.74, 6) is 0.444. The molecule has 4 atom stereocenters. The maximum absolute atomic E-state index is 12.6. The van der Waals surface area contributed by atoms with Gasteiger partial charge < -0.3 is 9.47 Å².